The number of nitrogens with zero attached hydrogens (tertiary/aromatic N) is 3. The van der Waals surface area contributed by atoms with Gasteiger partial charge < -0.3 is 10.6 Å². The van der Waals surface area contributed by atoms with Crippen molar-refractivity contribution in [3.05, 3.63) is 0 Å². The third-order valence-electron chi connectivity index (χ3n) is 0.835. The highest BCUT2D eigenvalue weighted by Gasteiger charge is 2.02. The van der Waals surface area contributed by atoms with E-state index in [1.54, 1.807) is 0 Å². The van der Waals surface area contributed by atoms with E-state index in [4.69, 9.17) is 16.3 Å². The standard InChI is InChI=1S/C5H6N4S/c6-1-3-9(4-2-7)5(8)10/h3-4H2,(H2,8,10). The van der Waals surface area contributed by atoms with Crippen LogP contribution in [0.15, 0.2) is 0 Å². The van der Waals surface area contributed by atoms with Crippen LogP contribution in [0.1, 0.15) is 0 Å². The Hall–Kier alpha value is -1.33. The fourth-order valence-corrected chi connectivity index (χ4v) is 0.512. The summed E-state index contributed by atoms with van der Waals surface area (Å²) < 4.78 is 0. The largest absolute Gasteiger partial charge is 0.376 e. The monoisotopic (exact) mass is 154 g/mol. The number of rotatable bonds is 2. The summed E-state index contributed by atoms with van der Waals surface area (Å²) in [5, 5.41) is 16.5. The summed E-state index contributed by atoms with van der Waals surface area (Å²) >= 11 is 4.55. The predicted octanol–water partition coefficient (Wildman–Crippen LogP) is -0.421. The summed E-state index contributed by atoms with van der Waals surface area (Å²) in [6.45, 7) is 0.145. The SMILES string of the molecule is N#CCN(CC#N)C(N)=S. The van der Waals surface area contributed by atoms with E-state index in [0.29, 0.717) is 0 Å². The Morgan fingerprint density at radius 1 is 1.40 bits per heavy atom. The van der Waals surface area contributed by atoms with Crippen molar-refractivity contribution in [1.29, 1.82) is 10.5 Å². The maximum atomic E-state index is 8.20. The number of hydrogen-bond acceptors (Lipinski definition) is 3. The second kappa shape index (κ2) is 4.54. The average Bonchev–Trinajstić information content (AvgIpc) is 1.87. The molecule has 10 heavy (non-hydrogen) atoms. The first-order valence-electron chi connectivity index (χ1n) is 2.50. The van der Waals surface area contributed by atoms with Gasteiger partial charge >= 0.3 is 0 Å². The van der Waals surface area contributed by atoms with Gasteiger partial charge in [0.15, 0.2) is 5.11 Å². The molecule has 0 bridgehead atoms. The molecule has 0 aromatic rings. The fourth-order valence-electron chi connectivity index (χ4n) is 0.382. The third-order valence-corrected chi connectivity index (χ3v) is 1.09. The van der Waals surface area contributed by atoms with Crippen LogP contribution in [0, 0.1) is 22.7 Å². The van der Waals surface area contributed by atoms with Crippen molar-refractivity contribution in [3.8, 4) is 12.1 Å². The molecule has 0 aliphatic rings. The smallest absolute Gasteiger partial charge is 0.168 e. The lowest BCUT2D eigenvalue weighted by Gasteiger charge is -2.13. The molecule has 5 heteroatoms. The summed E-state index contributed by atoms with van der Waals surface area (Å²) in [5.74, 6) is 0. The minimum absolute atomic E-state index is 0.0723. The Bertz CT molecular complexity index is 183. The molecule has 0 saturated carbocycles. The Balaban J connectivity index is 3.90. The molecule has 0 amide bonds. The Labute approximate surface area is 64.4 Å². The Kier molecular flexibility index (Phi) is 3.94. The second-order valence-corrected chi connectivity index (χ2v) is 1.93. The van der Waals surface area contributed by atoms with Crippen molar-refractivity contribution in [3.63, 3.8) is 0 Å². The molecule has 0 unspecified atom stereocenters. The van der Waals surface area contributed by atoms with Crippen molar-refractivity contribution in [1.82, 2.24) is 4.90 Å². The summed E-state index contributed by atoms with van der Waals surface area (Å²) in [6.07, 6.45) is 0. The van der Waals surface area contributed by atoms with Crippen molar-refractivity contribution in [2.75, 3.05) is 13.1 Å². The molecule has 0 fully saturated rings. The van der Waals surface area contributed by atoms with Gasteiger partial charge in [-0.25, -0.2) is 0 Å². The van der Waals surface area contributed by atoms with Crippen LogP contribution in [-0.4, -0.2) is 23.1 Å². The van der Waals surface area contributed by atoms with Crippen LogP contribution in [-0.2, 0) is 0 Å². The van der Waals surface area contributed by atoms with Gasteiger partial charge in [-0.1, -0.05) is 0 Å². The third kappa shape index (κ3) is 2.85. The normalized spacial score (nSPS) is 7.40. The van der Waals surface area contributed by atoms with Crippen LogP contribution in [0.2, 0.25) is 0 Å². The number of nitriles is 2. The molecular weight excluding hydrogens is 148 g/mol. The van der Waals surface area contributed by atoms with E-state index in [-0.39, 0.29) is 18.2 Å². The van der Waals surface area contributed by atoms with Gasteiger partial charge in [0.1, 0.15) is 13.1 Å². The molecule has 0 aliphatic heterocycles. The molecule has 0 aromatic carbocycles. The Morgan fingerprint density at radius 3 is 2.00 bits per heavy atom. The molecule has 0 atom stereocenters. The molecule has 2 N–H and O–H groups in total. The van der Waals surface area contributed by atoms with Crippen molar-refractivity contribution >= 4 is 17.3 Å². The Morgan fingerprint density at radius 2 is 1.80 bits per heavy atom. The lowest BCUT2D eigenvalue weighted by Crippen LogP contribution is -2.35. The van der Waals surface area contributed by atoms with E-state index in [0.717, 1.165) is 0 Å². The lowest BCUT2D eigenvalue weighted by molar-refractivity contribution is 0.527. The molecule has 4 nitrogen and oxygen atoms in total. The summed E-state index contributed by atoms with van der Waals surface area (Å²) in [7, 11) is 0. The molecular formula is C5H6N4S. The quantitative estimate of drug-likeness (QED) is 0.431. The minimum atomic E-state index is 0.0723. The molecule has 0 heterocycles. The second-order valence-electron chi connectivity index (χ2n) is 1.51. The van der Waals surface area contributed by atoms with Gasteiger partial charge in [-0.05, 0) is 12.2 Å². The number of hydrogen-bond donors (Lipinski definition) is 1. The average molecular weight is 154 g/mol. The van der Waals surface area contributed by atoms with Gasteiger partial charge in [0.05, 0.1) is 12.1 Å². The minimum Gasteiger partial charge on any atom is -0.376 e. The maximum Gasteiger partial charge on any atom is 0.168 e. The van der Waals surface area contributed by atoms with Crippen molar-refractivity contribution < 1.29 is 0 Å². The summed E-state index contributed by atoms with van der Waals surface area (Å²) in [5.41, 5.74) is 5.16. The van der Waals surface area contributed by atoms with Crippen LogP contribution < -0.4 is 5.73 Å². The van der Waals surface area contributed by atoms with Gasteiger partial charge in [0.25, 0.3) is 0 Å². The van der Waals surface area contributed by atoms with Crippen LogP contribution >= 0.6 is 12.2 Å². The molecule has 0 saturated heterocycles. The van der Waals surface area contributed by atoms with Crippen molar-refractivity contribution in [2.45, 2.75) is 0 Å². The zero-order valence-corrected chi connectivity index (χ0v) is 6.06. The van der Waals surface area contributed by atoms with E-state index in [9.17, 15) is 0 Å². The molecule has 0 rings (SSSR count). The first-order valence-corrected chi connectivity index (χ1v) is 2.91. The summed E-state index contributed by atoms with van der Waals surface area (Å²) in [4.78, 5) is 1.31. The highest BCUT2D eigenvalue weighted by Crippen LogP contribution is 1.84. The first-order chi connectivity index (χ1) is 4.72. The molecule has 0 aliphatic carbocycles. The van der Waals surface area contributed by atoms with E-state index < -0.39 is 0 Å². The van der Waals surface area contributed by atoms with Gasteiger partial charge in [-0.3, -0.25) is 0 Å². The van der Waals surface area contributed by atoms with Gasteiger partial charge in [-0.2, -0.15) is 10.5 Å². The van der Waals surface area contributed by atoms with E-state index >= 15 is 0 Å². The number of nitrogens with two attached hydrogens (primary N) is 1. The molecule has 0 aromatic heterocycles. The number of thiocarbonyl (C=S) groups is 1. The molecule has 0 spiro atoms. The molecule has 52 valence electrons. The summed E-state index contributed by atoms with van der Waals surface area (Å²) in [6, 6.07) is 3.68. The van der Waals surface area contributed by atoms with Crippen LogP contribution in [0.4, 0.5) is 0 Å². The highest BCUT2D eigenvalue weighted by atomic mass is 32.1. The zero-order valence-electron chi connectivity index (χ0n) is 5.24. The van der Waals surface area contributed by atoms with Gasteiger partial charge in [-0.15, -0.1) is 0 Å². The topological polar surface area (TPSA) is 76.8 Å². The lowest BCUT2D eigenvalue weighted by atomic mass is 10.5. The van der Waals surface area contributed by atoms with Gasteiger partial charge in [0, 0.05) is 0 Å². The molecule has 0 radical (unpaired) electrons. The first kappa shape index (κ1) is 8.67. The van der Waals surface area contributed by atoms with E-state index in [1.165, 1.54) is 4.90 Å². The van der Waals surface area contributed by atoms with E-state index in [2.05, 4.69) is 12.2 Å². The predicted molar refractivity (Wildman–Crippen MR) is 39.6 cm³/mol. The maximum absolute atomic E-state index is 8.20. The van der Waals surface area contributed by atoms with Crippen LogP contribution in [0.25, 0.3) is 0 Å². The van der Waals surface area contributed by atoms with E-state index in [1.807, 2.05) is 12.1 Å². The fraction of sp³-hybridized carbons (Fsp3) is 0.400. The van der Waals surface area contributed by atoms with Crippen molar-refractivity contribution in [2.24, 2.45) is 5.73 Å². The zero-order chi connectivity index (χ0) is 7.98. The van der Waals surface area contributed by atoms with Gasteiger partial charge in [0.2, 0.25) is 0 Å². The van der Waals surface area contributed by atoms with Crippen LogP contribution in [0.3, 0.4) is 0 Å². The van der Waals surface area contributed by atoms with Crippen LogP contribution in [0.5, 0.6) is 0 Å². The highest BCUT2D eigenvalue weighted by molar-refractivity contribution is 7.80.